The molecule has 5 heteroatoms. The van der Waals surface area contributed by atoms with Crippen molar-refractivity contribution in [1.29, 1.82) is 0 Å². The van der Waals surface area contributed by atoms with Gasteiger partial charge in [0.2, 0.25) is 5.91 Å². The van der Waals surface area contributed by atoms with Gasteiger partial charge in [-0.05, 0) is 52.9 Å². The lowest BCUT2D eigenvalue weighted by molar-refractivity contribution is -0.121. The summed E-state index contributed by atoms with van der Waals surface area (Å²) in [7, 11) is 0. The average Bonchev–Trinajstić information content (AvgIpc) is 3.40. The predicted octanol–water partition coefficient (Wildman–Crippen LogP) is 6.59. The van der Waals surface area contributed by atoms with E-state index < -0.39 is 0 Å². The average molecular weight is 504 g/mol. The van der Waals surface area contributed by atoms with Crippen LogP contribution in [0, 0.1) is 0 Å². The van der Waals surface area contributed by atoms with E-state index in [0.717, 1.165) is 40.1 Å². The molecule has 5 nitrogen and oxygen atoms in total. The zero-order chi connectivity index (χ0) is 26.2. The van der Waals surface area contributed by atoms with E-state index in [1.807, 2.05) is 48.5 Å². The van der Waals surface area contributed by atoms with Gasteiger partial charge in [0.15, 0.2) is 0 Å². The SMILES string of the molecule is CCc1cccc2c([C@@H](CC(=O)NCCc3ccccn3)c3ccc(OCc4ccccc4)cc3)c[nH]c12. The Balaban J connectivity index is 1.35. The van der Waals surface area contributed by atoms with Gasteiger partial charge in [0.25, 0.3) is 0 Å². The number of benzene rings is 3. The van der Waals surface area contributed by atoms with E-state index in [1.54, 1.807) is 6.20 Å². The highest BCUT2D eigenvalue weighted by Crippen LogP contribution is 2.35. The first-order chi connectivity index (χ1) is 18.7. The van der Waals surface area contributed by atoms with Crippen molar-refractivity contribution in [2.24, 2.45) is 0 Å². The smallest absolute Gasteiger partial charge is 0.220 e. The fourth-order valence-electron chi connectivity index (χ4n) is 4.90. The van der Waals surface area contributed by atoms with Gasteiger partial charge in [-0.3, -0.25) is 9.78 Å². The second kappa shape index (κ2) is 12.2. The summed E-state index contributed by atoms with van der Waals surface area (Å²) in [5.74, 6) is 0.744. The fraction of sp³-hybridized carbons (Fsp3) is 0.212. The number of rotatable bonds is 11. The lowest BCUT2D eigenvalue weighted by atomic mass is 9.87. The molecule has 3 aromatic carbocycles. The Hall–Kier alpha value is -4.38. The van der Waals surface area contributed by atoms with Gasteiger partial charge in [0.05, 0.1) is 0 Å². The highest BCUT2D eigenvalue weighted by atomic mass is 16.5. The third-order valence-electron chi connectivity index (χ3n) is 6.94. The third kappa shape index (κ3) is 6.12. The molecule has 2 N–H and O–H groups in total. The summed E-state index contributed by atoms with van der Waals surface area (Å²) in [6, 6.07) is 30.5. The number of hydrogen-bond donors (Lipinski definition) is 2. The van der Waals surface area contributed by atoms with E-state index in [1.165, 1.54) is 10.9 Å². The third-order valence-corrected chi connectivity index (χ3v) is 6.94. The van der Waals surface area contributed by atoms with Crippen molar-refractivity contribution in [3.63, 3.8) is 0 Å². The number of nitrogens with one attached hydrogen (secondary N) is 2. The van der Waals surface area contributed by atoms with E-state index in [-0.39, 0.29) is 11.8 Å². The van der Waals surface area contributed by atoms with Gasteiger partial charge in [-0.2, -0.15) is 0 Å². The molecule has 0 bridgehead atoms. The maximum absolute atomic E-state index is 13.1. The summed E-state index contributed by atoms with van der Waals surface area (Å²) in [6.45, 7) is 3.24. The van der Waals surface area contributed by atoms with Crippen LogP contribution in [0.5, 0.6) is 5.75 Å². The van der Waals surface area contributed by atoms with Gasteiger partial charge in [-0.25, -0.2) is 0 Å². The number of carbonyl (C=O) groups excluding carboxylic acids is 1. The first-order valence-corrected chi connectivity index (χ1v) is 13.2. The minimum absolute atomic E-state index is 0.0244. The van der Waals surface area contributed by atoms with Gasteiger partial charge in [0, 0.05) is 54.3 Å². The zero-order valence-corrected chi connectivity index (χ0v) is 21.7. The summed E-state index contributed by atoms with van der Waals surface area (Å²) in [5, 5.41) is 4.27. The summed E-state index contributed by atoms with van der Waals surface area (Å²) >= 11 is 0. The van der Waals surface area contributed by atoms with Crippen LogP contribution in [-0.2, 0) is 24.2 Å². The van der Waals surface area contributed by atoms with Crippen molar-refractivity contribution in [2.45, 2.75) is 38.7 Å². The van der Waals surface area contributed by atoms with Crippen molar-refractivity contribution in [2.75, 3.05) is 6.54 Å². The maximum Gasteiger partial charge on any atom is 0.220 e. The van der Waals surface area contributed by atoms with E-state index in [0.29, 0.717) is 26.0 Å². The number of carbonyl (C=O) groups is 1. The number of pyridine rings is 1. The summed E-state index contributed by atoms with van der Waals surface area (Å²) in [4.78, 5) is 21.0. The van der Waals surface area contributed by atoms with E-state index in [9.17, 15) is 4.79 Å². The molecule has 0 radical (unpaired) electrons. The topological polar surface area (TPSA) is 67.0 Å². The molecule has 0 saturated carbocycles. The normalized spacial score (nSPS) is 11.8. The maximum atomic E-state index is 13.1. The van der Waals surface area contributed by atoms with Gasteiger partial charge in [-0.1, -0.05) is 73.7 Å². The zero-order valence-electron chi connectivity index (χ0n) is 21.7. The molecule has 0 fully saturated rings. The molecule has 0 unspecified atom stereocenters. The van der Waals surface area contributed by atoms with Crippen molar-refractivity contribution in [1.82, 2.24) is 15.3 Å². The number of para-hydroxylation sites is 1. The fourth-order valence-corrected chi connectivity index (χ4v) is 4.90. The first kappa shape index (κ1) is 25.3. The molecule has 0 aliphatic carbocycles. The number of aryl methyl sites for hydroxylation is 1. The van der Waals surface area contributed by atoms with Gasteiger partial charge >= 0.3 is 0 Å². The summed E-state index contributed by atoms with van der Waals surface area (Å²) in [5.41, 5.74) is 6.74. The lowest BCUT2D eigenvalue weighted by Gasteiger charge is -2.18. The monoisotopic (exact) mass is 503 g/mol. The molecule has 2 heterocycles. The van der Waals surface area contributed by atoms with Crippen molar-refractivity contribution in [3.8, 4) is 5.75 Å². The largest absolute Gasteiger partial charge is 0.489 e. The van der Waals surface area contributed by atoms with Crippen LogP contribution in [0.2, 0.25) is 0 Å². The highest BCUT2D eigenvalue weighted by Gasteiger charge is 2.22. The van der Waals surface area contributed by atoms with Crippen LogP contribution < -0.4 is 10.1 Å². The molecule has 0 aliphatic rings. The Morgan fingerprint density at radius 3 is 2.53 bits per heavy atom. The molecule has 5 aromatic rings. The van der Waals surface area contributed by atoms with Crippen molar-refractivity contribution < 1.29 is 9.53 Å². The van der Waals surface area contributed by atoms with Gasteiger partial charge in [-0.15, -0.1) is 0 Å². The number of fused-ring (bicyclic) bond motifs is 1. The van der Waals surface area contributed by atoms with E-state index in [2.05, 4.69) is 70.9 Å². The highest BCUT2D eigenvalue weighted by molar-refractivity contribution is 5.88. The minimum atomic E-state index is -0.0890. The molecule has 0 saturated heterocycles. The summed E-state index contributed by atoms with van der Waals surface area (Å²) < 4.78 is 6.00. The number of aromatic nitrogens is 2. The Morgan fingerprint density at radius 2 is 1.76 bits per heavy atom. The number of aromatic amines is 1. The predicted molar refractivity (Wildman–Crippen MR) is 152 cm³/mol. The minimum Gasteiger partial charge on any atom is -0.489 e. The Kier molecular flexibility index (Phi) is 8.14. The van der Waals surface area contributed by atoms with Crippen LogP contribution in [0.3, 0.4) is 0 Å². The van der Waals surface area contributed by atoms with E-state index >= 15 is 0 Å². The Morgan fingerprint density at radius 1 is 0.947 bits per heavy atom. The number of hydrogen-bond acceptors (Lipinski definition) is 3. The second-order valence-electron chi connectivity index (χ2n) is 9.46. The number of H-pyrrole nitrogens is 1. The molecule has 2 aromatic heterocycles. The van der Waals surface area contributed by atoms with Crippen LogP contribution in [0.4, 0.5) is 0 Å². The van der Waals surface area contributed by atoms with Crippen LogP contribution in [0.1, 0.15) is 47.2 Å². The molecule has 0 spiro atoms. The van der Waals surface area contributed by atoms with Crippen LogP contribution in [-0.4, -0.2) is 22.4 Å². The molecule has 1 amide bonds. The standard InChI is InChI=1S/C33H33N3O2/c1-2-25-11-8-13-29-31(22-36-33(25)29)30(21-32(37)35-20-18-27-12-6-7-19-34-27)26-14-16-28(17-15-26)38-23-24-9-4-3-5-10-24/h3-17,19,22,30,36H,2,18,20-21,23H2,1H3,(H,35,37)/t30-/m0/s1. The number of ether oxygens (including phenoxy) is 1. The molecule has 1 atom stereocenters. The molecule has 192 valence electrons. The Labute approximate surface area is 223 Å². The van der Waals surface area contributed by atoms with Crippen molar-refractivity contribution in [3.05, 3.63) is 131 Å². The van der Waals surface area contributed by atoms with Crippen molar-refractivity contribution >= 4 is 16.8 Å². The van der Waals surface area contributed by atoms with Crippen LogP contribution in [0.15, 0.2) is 103 Å². The number of nitrogens with zero attached hydrogens (tertiary/aromatic N) is 1. The molecular weight excluding hydrogens is 470 g/mol. The summed E-state index contributed by atoms with van der Waals surface area (Å²) in [6.07, 6.45) is 5.86. The lowest BCUT2D eigenvalue weighted by Crippen LogP contribution is -2.27. The first-order valence-electron chi connectivity index (χ1n) is 13.2. The molecule has 5 rings (SSSR count). The Bertz CT molecular complexity index is 1460. The second-order valence-corrected chi connectivity index (χ2v) is 9.46. The van der Waals surface area contributed by atoms with Crippen LogP contribution >= 0.6 is 0 Å². The van der Waals surface area contributed by atoms with E-state index in [4.69, 9.17) is 4.74 Å². The van der Waals surface area contributed by atoms with Crippen LogP contribution in [0.25, 0.3) is 10.9 Å². The molecule has 38 heavy (non-hydrogen) atoms. The van der Waals surface area contributed by atoms with Gasteiger partial charge in [0.1, 0.15) is 12.4 Å². The quantitative estimate of drug-likeness (QED) is 0.214. The number of amides is 1. The molecule has 0 aliphatic heterocycles. The molecular formula is C33H33N3O2. The van der Waals surface area contributed by atoms with Gasteiger partial charge < -0.3 is 15.0 Å².